The Morgan fingerprint density at radius 1 is 0.519 bits per heavy atom. The molecule has 1 atom stereocenters. The maximum Gasteiger partial charge on any atom is 0.0714 e. The minimum Gasteiger partial charge on any atom is -0.0622 e. The molecule has 0 bridgehead atoms. The lowest BCUT2D eigenvalue weighted by atomic mass is 9.64. The first-order valence-electron chi connectivity index (χ1n) is 19.9. The standard InChI is InChI=1S/C52H54/c1-8-34-17-19-36(10-3)47(27-34)38-21-24-45-46-25-22-39(48-28-35(9-2)18-20-37(48)11-4)32-50(46)52(49(45)31-38,42-15-13-12-14-16-42)43-23-26-44-40(30-43)29-41(44)33-51(5,6)7/h12-28,30-32,41H,8-11,29,33H2,1-7H3. The van der Waals surface area contributed by atoms with Gasteiger partial charge in [-0.25, -0.2) is 0 Å². The summed E-state index contributed by atoms with van der Waals surface area (Å²) >= 11 is 0. The molecule has 0 heterocycles. The Bertz CT molecular complexity index is 2170. The first-order chi connectivity index (χ1) is 25.2. The van der Waals surface area contributed by atoms with Gasteiger partial charge in [0.1, 0.15) is 0 Å². The molecule has 8 rings (SSSR count). The molecule has 0 saturated heterocycles. The molecule has 0 amide bonds. The molecule has 2 aliphatic rings. The van der Waals surface area contributed by atoms with Crippen LogP contribution in [0.25, 0.3) is 33.4 Å². The monoisotopic (exact) mass is 678 g/mol. The number of benzene rings is 6. The van der Waals surface area contributed by atoms with E-state index in [1.165, 1.54) is 96.3 Å². The highest BCUT2D eigenvalue weighted by Crippen LogP contribution is 2.58. The van der Waals surface area contributed by atoms with Crippen molar-refractivity contribution in [2.75, 3.05) is 0 Å². The average molecular weight is 679 g/mol. The van der Waals surface area contributed by atoms with Gasteiger partial charge in [0, 0.05) is 0 Å². The van der Waals surface area contributed by atoms with Crippen molar-refractivity contribution in [3.63, 3.8) is 0 Å². The van der Waals surface area contributed by atoms with E-state index in [1.807, 2.05) is 0 Å². The summed E-state index contributed by atoms with van der Waals surface area (Å²) in [4.78, 5) is 0. The van der Waals surface area contributed by atoms with Gasteiger partial charge in [-0.3, -0.25) is 0 Å². The van der Waals surface area contributed by atoms with Crippen LogP contribution in [0.5, 0.6) is 0 Å². The number of hydrogen-bond acceptors (Lipinski definition) is 0. The molecule has 52 heavy (non-hydrogen) atoms. The van der Waals surface area contributed by atoms with Crippen LogP contribution in [-0.4, -0.2) is 0 Å². The lowest BCUT2D eigenvalue weighted by Crippen LogP contribution is -2.30. The quantitative estimate of drug-likeness (QED) is 0.143. The van der Waals surface area contributed by atoms with Crippen LogP contribution < -0.4 is 0 Å². The predicted molar refractivity (Wildman–Crippen MR) is 223 cm³/mol. The van der Waals surface area contributed by atoms with Gasteiger partial charge in [0.25, 0.3) is 0 Å². The highest BCUT2D eigenvalue weighted by molar-refractivity contribution is 5.90. The van der Waals surface area contributed by atoms with E-state index in [9.17, 15) is 0 Å². The normalized spacial score (nSPS) is 15.5. The largest absolute Gasteiger partial charge is 0.0714 e. The van der Waals surface area contributed by atoms with Crippen LogP contribution >= 0.6 is 0 Å². The van der Waals surface area contributed by atoms with E-state index in [1.54, 1.807) is 5.56 Å². The first kappa shape index (κ1) is 34.4. The lowest BCUT2D eigenvalue weighted by Gasteiger charge is -2.39. The van der Waals surface area contributed by atoms with Gasteiger partial charge in [0.05, 0.1) is 5.41 Å². The summed E-state index contributed by atoms with van der Waals surface area (Å²) in [5.74, 6) is 0.648. The molecule has 1 unspecified atom stereocenters. The molecule has 262 valence electrons. The molecular formula is C52H54. The molecule has 6 aromatic rings. The maximum absolute atomic E-state index is 2.59. The van der Waals surface area contributed by atoms with Crippen LogP contribution in [0.4, 0.5) is 0 Å². The fourth-order valence-corrected chi connectivity index (χ4v) is 9.56. The van der Waals surface area contributed by atoms with Gasteiger partial charge in [0.2, 0.25) is 0 Å². The van der Waals surface area contributed by atoms with Crippen LogP contribution in [-0.2, 0) is 37.5 Å². The van der Waals surface area contributed by atoms with E-state index < -0.39 is 5.41 Å². The van der Waals surface area contributed by atoms with Crippen molar-refractivity contribution in [3.8, 4) is 33.4 Å². The highest BCUT2D eigenvalue weighted by atomic mass is 14.5. The van der Waals surface area contributed by atoms with Crippen LogP contribution in [0.3, 0.4) is 0 Å². The molecule has 2 aliphatic carbocycles. The van der Waals surface area contributed by atoms with Crippen LogP contribution in [0.1, 0.15) is 116 Å². The third kappa shape index (κ3) is 5.67. The second-order valence-corrected chi connectivity index (χ2v) is 16.6. The van der Waals surface area contributed by atoms with Crippen molar-refractivity contribution >= 4 is 0 Å². The Morgan fingerprint density at radius 3 is 1.56 bits per heavy atom. The second kappa shape index (κ2) is 13.4. The molecule has 0 saturated carbocycles. The van der Waals surface area contributed by atoms with Crippen molar-refractivity contribution in [2.24, 2.45) is 5.41 Å². The molecule has 0 heteroatoms. The van der Waals surface area contributed by atoms with Crippen LogP contribution in [0.15, 0.2) is 121 Å². The molecule has 0 fully saturated rings. The van der Waals surface area contributed by atoms with Crippen molar-refractivity contribution < 1.29 is 0 Å². The number of hydrogen-bond donors (Lipinski definition) is 0. The second-order valence-electron chi connectivity index (χ2n) is 16.6. The Morgan fingerprint density at radius 2 is 1.08 bits per heavy atom. The van der Waals surface area contributed by atoms with E-state index in [0.29, 0.717) is 11.3 Å². The summed E-state index contributed by atoms with van der Waals surface area (Å²) in [6.07, 6.45) is 6.50. The van der Waals surface area contributed by atoms with E-state index in [4.69, 9.17) is 0 Å². The predicted octanol–water partition coefficient (Wildman–Crippen LogP) is 13.7. The SMILES string of the molecule is CCc1ccc(CC)c(-c2ccc3c(c2)C(c2ccccc2)(c2ccc4c(c2)CC4CC(C)(C)C)c2cc(-c4cc(CC)ccc4CC)ccc2-3)c1. The Hall–Kier alpha value is -4.68. The number of rotatable bonds is 9. The zero-order valence-electron chi connectivity index (χ0n) is 32.4. The van der Waals surface area contributed by atoms with E-state index in [-0.39, 0.29) is 0 Å². The Labute approximate surface area is 313 Å². The summed E-state index contributed by atoms with van der Waals surface area (Å²) < 4.78 is 0. The number of aryl methyl sites for hydroxylation is 4. The Kier molecular flexibility index (Phi) is 8.85. The zero-order valence-corrected chi connectivity index (χ0v) is 32.4. The minimum atomic E-state index is -0.453. The van der Waals surface area contributed by atoms with Crippen molar-refractivity contribution in [3.05, 3.63) is 177 Å². The fraction of sp³-hybridized carbons (Fsp3) is 0.308. The molecule has 0 nitrogen and oxygen atoms in total. The van der Waals surface area contributed by atoms with Gasteiger partial charge in [-0.15, -0.1) is 0 Å². The lowest BCUT2D eigenvalue weighted by molar-refractivity contribution is 0.323. The average Bonchev–Trinajstić information content (AvgIpc) is 3.45. The molecule has 0 aliphatic heterocycles. The summed E-state index contributed by atoms with van der Waals surface area (Å²) in [6, 6.07) is 48.0. The summed E-state index contributed by atoms with van der Waals surface area (Å²) in [6.45, 7) is 16.2. The molecule has 0 aromatic heterocycles. The highest BCUT2D eigenvalue weighted by Gasteiger charge is 2.47. The van der Waals surface area contributed by atoms with Gasteiger partial charge in [-0.1, -0.05) is 158 Å². The van der Waals surface area contributed by atoms with Crippen LogP contribution in [0.2, 0.25) is 0 Å². The summed E-state index contributed by atoms with van der Waals surface area (Å²) in [7, 11) is 0. The first-order valence-corrected chi connectivity index (χ1v) is 19.9. The van der Waals surface area contributed by atoms with Crippen molar-refractivity contribution in [1.29, 1.82) is 0 Å². The zero-order chi connectivity index (χ0) is 36.2. The van der Waals surface area contributed by atoms with Gasteiger partial charge in [-0.2, -0.15) is 0 Å². The molecule has 0 spiro atoms. The van der Waals surface area contributed by atoms with E-state index in [2.05, 4.69) is 170 Å². The number of fused-ring (bicyclic) bond motifs is 4. The Balaban J connectivity index is 1.42. The van der Waals surface area contributed by atoms with Gasteiger partial charge in [0.15, 0.2) is 0 Å². The summed E-state index contributed by atoms with van der Waals surface area (Å²) in [5.41, 5.74) is 22.2. The van der Waals surface area contributed by atoms with Gasteiger partial charge < -0.3 is 0 Å². The van der Waals surface area contributed by atoms with Crippen molar-refractivity contribution in [1.82, 2.24) is 0 Å². The molecule has 0 N–H and O–H groups in total. The van der Waals surface area contributed by atoms with Gasteiger partial charge >= 0.3 is 0 Å². The van der Waals surface area contributed by atoms with E-state index in [0.717, 1.165) is 25.7 Å². The molecule has 6 aromatic carbocycles. The molecule has 0 radical (unpaired) electrons. The summed E-state index contributed by atoms with van der Waals surface area (Å²) in [5, 5.41) is 0. The maximum atomic E-state index is 2.59. The van der Waals surface area contributed by atoms with E-state index >= 15 is 0 Å². The van der Waals surface area contributed by atoms with Crippen LogP contribution in [0, 0.1) is 5.41 Å². The minimum absolute atomic E-state index is 0.321. The fourth-order valence-electron chi connectivity index (χ4n) is 9.56. The smallest absolute Gasteiger partial charge is 0.0622 e. The topological polar surface area (TPSA) is 0 Å². The third-order valence-electron chi connectivity index (χ3n) is 12.2. The van der Waals surface area contributed by atoms with Gasteiger partial charge in [-0.05, 0) is 151 Å². The van der Waals surface area contributed by atoms with Crippen molar-refractivity contribution in [2.45, 2.75) is 98.3 Å². The molecular weight excluding hydrogens is 625 g/mol. The third-order valence-corrected chi connectivity index (χ3v) is 12.2.